The molecule has 5 heteroatoms. The maximum atomic E-state index is 13.2. The molecule has 0 aliphatic rings. The third-order valence-electron chi connectivity index (χ3n) is 3.65. The van der Waals surface area contributed by atoms with E-state index in [1.165, 1.54) is 23.3 Å². The van der Waals surface area contributed by atoms with Crippen LogP contribution in [0.25, 0.3) is 0 Å². The summed E-state index contributed by atoms with van der Waals surface area (Å²) in [6, 6.07) is 12.8. The van der Waals surface area contributed by atoms with Gasteiger partial charge in [0.05, 0.1) is 11.1 Å². The maximum Gasteiger partial charge on any atom is 0.171 e. The Kier molecular flexibility index (Phi) is 5.97. The number of hydrogen-bond donors (Lipinski definition) is 2. The number of hydrogen-bond acceptors (Lipinski definition) is 1. The van der Waals surface area contributed by atoms with Crippen molar-refractivity contribution in [1.29, 1.82) is 0 Å². The van der Waals surface area contributed by atoms with Gasteiger partial charge in [-0.1, -0.05) is 49.7 Å². The second-order valence-electron chi connectivity index (χ2n) is 5.81. The van der Waals surface area contributed by atoms with Crippen LogP contribution >= 0.6 is 23.8 Å². The van der Waals surface area contributed by atoms with E-state index in [4.69, 9.17) is 23.8 Å². The molecule has 2 nitrogen and oxygen atoms in total. The highest BCUT2D eigenvalue weighted by Crippen LogP contribution is 2.25. The van der Waals surface area contributed by atoms with Crippen molar-refractivity contribution in [3.05, 3.63) is 64.4 Å². The molecule has 0 radical (unpaired) electrons. The first-order valence-corrected chi connectivity index (χ1v) is 8.25. The lowest BCUT2D eigenvalue weighted by molar-refractivity contribution is 0.471. The fourth-order valence-corrected chi connectivity index (χ4v) is 2.85. The largest absolute Gasteiger partial charge is 0.355 e. The molecule has 0 amide bonds. The van der Waals surface area contributed by atoms with Crippen molar-refractivity contribution in [2.24, 2.45) is 5.92 Å². The van der Waals surface area contributed by atoms with E-state index in [2.05, 4.69) is 43.5 Å². The number of halogens is 2. The number of benzene rings is 2. The van der Waals surface area contributed by atoms with Crippen LogP contribution in [0.1, 0.15) is 31.0 Å². The van der Waals surface area contributed by atoms with Crippen LogP contribution in [-0.2, 0) is 0 Å². The molecule has 0 heterocycles. The summed E-state index contributed by atoms with van der Waals surface area (Å²) in [6.07, 6.45) is 0. The Morgan fingerprint density at radius 1 is 1.17 bits per heavy atom. The van der Waals surface area contributed by atoms with E-state index in [1.54, 1.807) is 6.07 Å². The molecule has 122 valence electrons. The van der Waals surface area contributed by atoms with Crippen LogP contribution in [-0.4, -0.2) is 5.11 Å². The average molecular weight is 351 g/mol. The number of anilines is 1. The van der Waals surface area contributed by atoms with Gasteiger partial charge in [0, 0.05) is 5.69 Å². The Hall–Kier alpha value is -1.65. The highest BCUT2D eigenvalue weighted by atomic mass is 35.5. The summed E-state index contributed by atoms with van der Waals surface area (Å²) in [5, 5.41) is 6.94. The van der Waals surface area contributed by atoms with Crippen LogP contribution in [0.15, 0.2) is 42.5 Å². The normalized spacial score (nSPS) is 12.1. The minimum atomic E-state index is -0.448. The predicted molar refractivity (Wildman–Crippen MR) is 99.5 cm³/mol. The molecule has 0 aliphatic carbocycles. The summed E-state index contributed by atoms with van der Waals surface area (Å²) in [7, 11) is 0. The maximum absolute atomic E-state index is 13.2. The van der Waals surface area contributed by atoms with Gasteiger partial charge in [0.25, 0.3) is 0 Å². The third kappa shape index (κ3) is 4.66. The lowest BCUT2D eigenvalue weighted by Crippen LogP contribution is -2.35. The van der Waals surface area contributed by atoms with Gasteiger partial charge in [-0.05, 0) is 54.4 Å². The predicted octanol–water partition coefficient (Wildman–Crippen LogP) is 5.47. The quantitative estimate of drug-likeness (QED) is 0.715. The summed E-state index contributed by atoms with van der Waals surface area (Å²) < 4.78 is 13.2. The van der Waals surface area contributed by atoms with Gasteiger partial charge in [0.1, 0.15) is 5.82 Å². The van der Waals surface area contributed by atoms with Crippen molar-refractivity contribution >= 4 is 34.6 Å². The van der Waals surface area contributed by atoms with Crippen molar-refractivity contribution in [1.82, 2.24) is 5.32 Å². The van der Waals surface area contributed by atoms with E-state index in [9.17, 15) is 4.39 Å². The first kappa shape index (κ1) is 17.7. The lowest BCUT2D eigenvalue weighted by Gasteiger charge is -2.26. The Labute approximate surface area is 147 Å². The first-order chi connectivity index (χ1) is 10.9. The van der Waals surface area contributed by atoms with Crippen molar-refractivity contribution in [2.75, 3.05) is 5.32 Å². The lowest BCUT2D eigenvalue weighted by atomic mass is 9.93. The number of thiocarbonyl (C=S) groups is 1. The fraction of sp³-hybridized carbons (Fsp3) is 0.278. The van der Waals surface area contributed by atoms with Crippen LogP contribution in [0.3, 0.4) is 0 Å². The van der Waals surface area contributed by atoms with Crippen LogP contribution in [0, 0.1) is 18.7 Å². The average Bonchev–Trinajstić information content (AvgIpc) is 2.49. The Morgan fingerprint density at radius 2 is 1.87 bits per heavy atom. The zero-order valence-electron chi connectivity index (χ0n) is 13.4. The highest BCUT2D eigenvalue weighted by Gasteiger charge is 2.18. The zero-order valence-corrected chi connectivity index (χ0v) is 14.9. The minimum absolute atomic E-state index is 0.0668. The second-order valence-corrected chi connectivity index (χ2v) is 6.62. The molecule has 2 N–H and O–H groups in total. The molecule has 2 aromatic carbocycles. The topological polar surface area (TPSA) is 24.1 Å². The number of aryl methyl sites for hydroxylation is 1. The van der Waals surface area contributed by atoms with E-state index in [1.807, 2.05) is 12.1 Å². The monoisotopic (exact) mass is 350 g/mol. The van der Waals surface area contributed by atoms with Gasteiger partial charge in [-0.25, -0.2) is 4.39 Å². The van der Waals surface area contributed by atoms with Crippen LogP contribution < -0.4 is 10.6 Å². The van der Waals surface area contributed by atoms with Crippen molar-refractivity contribution < 1.29 is 4.39 Å². The van der Waals surface area contributed by atoms with Crippen molar-refractivity contribution in [3.63, 3.8) is 0 Å². The minimum Gasteiger partial charge on any atom is -0.355 e. The smallest absolute Gasteiger partial charge is 0.171 e. The molecule has 23 heavy (non-hydrogen) atoms. The van der Waals surface area contributed by atoms with Gasteiger partial charge in [0.15, 0.2) is 5.11 Å². The molecule has 0 saturated heterocycles. The summed E-state index contributed by atoms with van der Waals surface area (Å²) in [5.41, 5.74) is 3.08. The third-order valence-corrected chi connectivity index (χ3v) is 4.16. The standard InChI is InChI=1S/C18H20ClFN2S/c1-11(2)17(14-7-5-4-6-12(14)3)22-18(23)21-13-8-9-16(20)15(19)10-13/h4-11,17H,1-3H3,(H2,21,22,23). The van der Waals surface area contributed by atoms with Gasteiger partial charge >= 0.3 is 0 Å². The van der Waals surface area contributed by atoms with Gasteiger partial charge in [-0.3, -0.25) is 0 Å². The summed E-state index contributed by atoms with van der Waals surface area (Å²) in [5.74, 6) is -0.0938. The molecule has 1 unspecified atom stereocenters. The Balaban J connectivity index is 2.12. The summed E-state index contributed by atoms with van der Waals surface area (Å²) >= 11 is 11.2. The van der Waals surface area contributed by atoms with E-state index >= 15 is 0 Å². The zero-order chi connectivity index (χ0) is 17.0. The molecular weight excluding hydrogens is 331 g/mol. The molecule has 2 rings (SSSR count). The van der Waals surface area contributed by atoms with E-state index in [0.29, 0.717) is 16.7 Å². The van der Waals surface area contributed by atoms with Crippen LogP contribution in [0.2, 0.25) is 5.02 Å². The van der Waals surface area contributed by atoms with Gasteiger partial charge < -0.3 is 10.6 Å². The fourth-order valence-electron chi connectivity index (χ4n) is 2.42. The van der Waals surface area contributed by atoms with Crippen LogP contribution in [0.4, 0.5) is 10.1 Å². The summed E-state index contributed by atoms with van der Waals surface area (Å²) in [4.78, 5) is 0. The van der Waals surface area contributed by atoms with Gasteiger partial charge in [-0.15, -0.1) is 0 Å². The molecule has 0 bridgehead atoms. The number of nitrogens with one attached hydrogen (secondary N) is 2. The Morgan fingerprint density at radius 3 is 2.48 bits per heavy atom. The van der Waals surface area contributed by atoms with Gasteiger partial charge in [-0.2, -0.15) is 0 Å². The molecular formula is C18H20ClFN2S. The summed E-state index contributed by atoms with van der Waals surface area (Å²) in [6.45, 7) is 6.37. The SMILES string of the molecule is Cc1ccccc1C(NC(=S)Nc1ccc(F)c(Cl)c1)C(C)C. The molecule has 0 fully saturated rings. The van der Waals surface area contributed by atoms with E-state index < -0.39 is 5.82 Å². The molecule has 0 aliphatic heterocycles. The Bertz CT molecular complexity index is 703. The first-order valence-electron chi connectivity index (χ1n) is 7.46. The molecule has 2 aromatic rings. The van der Waals surface area contributed by atoms with E-state index in [-0.39, 0.29) is 11.1 Å². The highest BCUT2D eigenvalue weighted by molar-refractivity contribution is 7.80. The second kappa shape index (κ2) is 7.75. The van der Waals surface area contributed by atoms with Gasteiger partial charge in [0.2, 0.25) is 0 Å². The van der Waals surface area contributed by atoms with Crippen LogP contribution in [0.5, 0.6) is 0 Å². The van der Waals surface area contributed by atoms with Crippen molar-refractivity contribution in [3.8, 4) is 0 Å². The van der Waals surface area contributed by atoms with E-state index in [0.717, 1.165) is 0 Å². The molecule has 0 saturated carbocycles. The molecule has 1 atom stereocenters. The molecule has 0 spiro atoms. The van der Waals surface area contributed by atoms with Crippen molar-refractivity contribution in [2.45, 2.75) is 26.8 Å². The number of rotatable bonds is 4. The molecule has 0 aromatic heterocycles.